The molecule has 1 unspecified atom stereocenters. The first-order valence-corrected chi connectivity index (χ1v) is 13.7. The number of hydrogen-bond donors (Lipinski definition) is 1. The highest BCUT2D eigenvalue weighted by Crippen LogP contribution is 2.48. The quantitative estimate of drug-likeness (QED) is 0.235. The third-order valence-corrected chi connectivity index (χ3v) is 8.14. The monoisotopic (exact) mass is 588 g/mol. The lowest BCUT2D eigenvalue weighted by atomic mass is 9.73. The van der Waals surface area contributed by atoms with E-state index in [0.717, 1.165) is 22.3 Å². The molecule has 3 aromatic rings. The number of non-ortho nitro benzene ring substituents is 1. The van der Waals surface area contributed by atoms with Crippen LogP contribution in [0.1, 0.15) is 47.4 Å². The molecule has 10 heteroatoms. The zero-order valence-electron chi connectivity index (χ0n) is 22.4. The minimum Gasteiger partial charge on any atom is -0.487 e. The van der Waals surface area contributed by atoms with Crippen LogP contribution in [0.15, 0.2) is 77.3 Å². The van der Waals surface area contributed by atoms with Crippen LogP contribution in [0.5, 0.6) is 5.75 Å². The number of anilines is 1. The molecule has 1 aliphatic heterocycles. The largest absolute Gasteiger partial charge is 0.487 e. The second-order valence-electron chi connectivity index (χ2n) is 10.1. The molecule has 208 valence electrons. The average Bonchev–Trinajstić information content (AvgIpc) is 2.94. The fourth-order valence-corrected chi connectivity index (χ4v) is 6.04. The lowest BCUT2D eigenvalue weighted by Gasteiger charge is -2.40. The number of nitrogens with two attached hydrogens (primary N) is 1. The van der Waals surface area contributed by atoms with Gasteiger partial charge in [0.15, 0.2) is 5.78 Å². The minimum absolute atomic E-state index is 0.0747. The van der Waals surface area contributed by atoms with E-state index in [1.54, 1.807) is 17.0 Å². The van der Waals surface area contributed by atoms with Crippen molar-refractivity contribution in [2.45, 2.75) is 45.6 Å². The summed E-state index contributed by atoms with van der Waals surface area (Å²) in [6.45, 7) is 4.13. The maximum Gasteiger partial charge on any atom is 0.271 e. The van der Waals surface area contributed by atoms with Crippen LogP contribution in [0.2, 0.25) is 10.0 Å². The molecule has 1 atom stereocenters. The van der Waals surface area contributed by atoms with Crippen LogP contribution >= 0.6 is 23.2 Å². The van der Waals surface area contributed by atoms with E-state index < -0.39 is 10.8 Å². The van der Waals surface area contributed by atoms with Gasteiger partial charge in [-0.3, -0.25) is 19.8 Å². The lowest BCUT2D eigenvalue weighted by molar-refractivity contribution is -0.384. The Kier molecular flexibility index (Phi) is 7.76. The van der Waals surface area contributed by atoms with Gasteiger partial charge in [-0.25, -0.2) is 0 Å². The Morgan fingerprint density at radius 3 is 2.56 bits per heavy atom. The van der Waals surface area contributed by atoms with Gasteiger partial charge in [0, 0.05) is 29.8 Å². The number of halogens is 2. The van der Waals surface area contributed by atoms with Gasteiger partial charge in [0.05, 0.1) is 38.2 Å². The number of aryl methyl sites for hydroxylation is 1. The number of nitrogens with zero attached hydrogens (tertiary/aromatic N) is 3. The second kappa shape index (κ2) is 11.3. The molecule has 2 N–H and O–H groups in total. The molecule has 41 heavy (non-hydrogen) atoms. The number of rotatable bonds is 6. The maximum atomic E-state index is 13.6. The number of para-hydroxylation sites is 1. The van der Waals surface area contributed by atoms with E-state index >= 15 is 0 Å². The molecule has 0 amide bonds. The zero-order chi connectivity index (χ0) is 29.4. The summed E-state index contributed by atoms with van der Waals surface area (Å²) in [5, 5.41) is 22.3. The predicted molar refractivity (Wildman–Crippen MR) is 158 cm³/mol. The van der Waals surface area contributed by atoms with Gasteiger partial charge in [0.2, 0.25) is 0 Å². The number of benzene rings is 3. The molecule has 1 heterocycles. The zero-order valence-corrected chi connectivity index (χ0v) is 23.9. The van der Waals surface area contributed by atoms with Crippen LogP contribution in [0.3, 0.4) is 0 Å². The molecule has 1 aliphatic carbocycles. The maximum absolute atomic E-state index is 13.6. The van der Waals surface area contributed by atoms with Gasteiger partial charge in [-0.05, 0) is 61.6 Å². The van der Waals surface area contributed by atoms with Gasteiger partial charge in [0.25, 0.3) is 5.69 Å². The Morgan fingerprint density at radius 1 is 1.12 bits per heavy atom. The summed E-state index contributed by atoms with van der Waals surface area (Å²) in [5.74, 6) is -0.0696. The highest BCUT2D eigenvalue weighted by Gasteiger charge is 2.41. The third kappa shape index (κ3) is 5.15. The molecule has 2 aliphatic rings. The second-order valence-corrected chi connectivity index (χ2v) is 10.9. The topological polar surface area (TPSA) is 122 Å². The summed E-state index contributed by atoms with van der Waals surface area (Å²) in [5.41, 5.74) is 11.7. The first-order chi connectivity index (χ1) is 19.6. The summed E-state index contributed by atoms with van der Waals surface area (Å²) < 4.78 is 6.03. The number of carbonyl (C=O) groups excluding carboxylic acids is 1. The van der Waals surface area contributed by atoms with Crippen molar-refractivity contribution >= 4 is 40.4 Å². The normalized spacial score (nSPS) is 16.9. The smallest absolute Gasteiger partial charge is 0.271 e. The summed E-state index contributed by atoms with van der Waals surface area (Å²) in [6, 6.07) is 17.5. The van der Waals surface area contributed by atoms with Crippen molar-refractivity contribution in [2.75, 3.05) is 4.90 Å². The number of hydrogen-bond acceptors (Lipinski definition) is 7. The van der Waals surface area contributed by atoms with Crippen molar-refractivity contribution in [1.82, 2.24) is 0 Å². The van der Waals surface area contributed by atoms with Crippen LogP contribution < -0.4 is 15.4 Å². The number of nitriles is 1. The van der Waals surface area contributed by atoms with Gasteiger partial charge >= 0.3 is 0 Å². The van der Waals surface area contributed by atoms with Crippen LogP contribution in [-0.4, -0.2) is 10.7 Å². The van der Waals surface area contributed by atoms with E-state index in [1.807, 2.05) is 38.1 Å². The highest BCUT2D eigenvalue weighted by atomic mass is 35.5. The number of Topliss-reactive ketones (excluding diaryl/α,β-unsaturated/α-hetero) is 1. The summed E-state index contributed by atoms with van der Waals surface area (Å²) in [6.07, 6.45) is 1.46. The van der Waals surface area contributed by atoms with E-state index in [2.05, 4.69) is 6.07 Å². The molecule has 0 aromatic heterocycles. The van der Waals surface area contributed by atoms with Crippen molar-refractivity contribution in [3.05, 3.63) is 120 Å². The van der Waals surface area contributed by atoms with Crippen LogP contribution in [0, 0.1) is 35.3 Å². The molecule has 0 spiro atoms. The summed E-state index contributed by atoms with van der Waals surface area (Å²) in [4.78, 5) is 26.0. The van der Waals surface area contributed by atoms with Gasteiger partial charge in [0.1, 0.15) is 18.2 Å². The first-order valence-electron chi connectivity index (χ1n) is 13.0. The van der Waals surface area contributed by atoms with Gasteiger partial charge in [-0.1, -0.05) is 53.0 Å². The molecule has 0 fully saturated rings. The molecule has 3 aromatic carbocycles. The molecular weight excluding hydrogens is 563 g/mol. The molecule has 5 rings (SSSR count). The lowest BCUT2D eigenvalue weighted by Crippen LogP contribution is -2.39. The van der Waals surface area contributed by atoms with Crippen LogP contribution in [0.4, 0.5) is 11.4 Å². The Morgan fingerprint density at radius 2 is 1.88 bits per heavy atom. The van der Waals surface area contributed by atoms with E-state index in [4.69, 9.17) is 33.7 Å². The molecular formula is C31H26Cl2N4O4. The van der Waals surface area contributed by atoms with Crippen molar-refractivity contribution in [3.63, 3.8) is 0 Å². The summed E-state index contributed by atoms with van der Waals surface area (Å²) in [7, 11) is 0. The van der Waals surface area contributed by atoms with Crippen LogP contribution in [0.25, 0.3) is 0 Å². The number of ether oxygens (including phenoxy) is 1. The Hall–Kier alpha value is -4.32. The molecule has 8 nitrogen and oxygen atoms in total. The number of ketones is 1. The third-order valence-electron chi connectivity index (χ3n) is 7.53. The number of nitro groups is 1. The predicted octanol–water partition coefficient (Wildman–Crippen LogP) is 7.40. The standard InChI is InChI=1S/C31H26Cl2N4O4/c1-17-12-19(16-41-28-9-4-3-6-23(28)32)18(2)21(13-17)29-22(15-34)31(35)36(26-7-5-8-27(38)30(26)29)25-11-10-20(37(39)40)14-24(25)33/h3-4,6,9-14,29H,5,7-8,16,35H2,1-2H3. The van der Waals surface area contributed by atoms with Gasteiger partial charge in [-0.15, -0.1) is 0 Å². The molecule has 0 bridgehead atoms. The van der Waals surface area contributed by atoms with Crippen molar-refractivity contribution in [2.24, 2.45) is 5.73 Å². The van der Waals surface area contributed by atoms with E-state index in [-0.39, 0.29) is 34.5 Å². The molecule has 0 radical (unpaired) electrons. The Bertz CT molecular complexity index is 1710. The number of allylic oxidation sites excluding steroid dienone is 3. The summed E-state index contributed by atoms with van der Waals surface area (Å²) >= 11 is 12.8. The van der Waals surface area contributed by atoms with E-state index in [0.29, 0.717) is 47.0 Å². The average molecular weight is 589 g/mol. The van der Waals surface area contributed by atoms with Gasteiger partial charge in [-0.2, -0.15) is 5.26 Å². The fraction of sp³-hybridized carbons (Fsp3) is 0.226. The fourth-order valence-electron chi connectivity index (χ4n) is 5.59. The first kappa shape index (κ1) is 28.2. The van der Waals surface area contributed by atoms with E-state index in [9.17, 15) is 20.2 Å². The number of carbonyl (C=O) groups is 1. The van der Waals surface area contributed by atoms with E-state index in [1.165, 1.54) is 18.2 Å². The minimum atomic E-state index is -0.685. The van der Waals surface area contributed by atoms with Crippen molar-refractivity contribution < 1.29 is 14.5 Å². The van der Waals surface area contributed by atoms with Crippen molar-refractivity contribution in [1.29, 1.82) is 5.26 Å². The number of nitro benzene ring substituents is 1. The van der Waals surface area contributed by atoms with Crippen molar-refractivity contribution in [3.8, 4) is 11.8 Å². The van der Waals surface area contributed by atoms with Gasteiger partial charge < -0.3 is 10.5 Å². The van der Waals surface area contributed by atoms with Crippen LogP contribution in [-0.2, 0) is 11.4 Å². The SMILES string of the molecule is Cc1cc(COc2ccccc2Cl)c(C)c(C2C(C#N)=C(N)N(c3ccc([N+](=O)[O-])cc3Cl)C3=C2C(=O)CCC3)c1. The highest BCUT2D eigenvalue weighted by molar-refractivity contribution is 6.33. The molecule has 0 saturated heterocycles. The Labute approximate surface area is 247 Å². The molecule has 0 saturated carbocycles. The Balaban J connectivity index is 1.65.